The van der Waals surface area contributed by atoms with Gasteiger partial charge in [0.1, 0.15) is 24.9 Å². The number of benzene rings is 2. The van der Waals surface area contributed by atoms with Gasteiger partial charge in [-0.25, -0.2) is 9.59 Å². The van der Waals surface area contributed by atoms with E-state index in [1.165, 1.54) is 0 Å². The highest BCUT2D eigenvalue weighted by Crippen LogP contribution is 2.42. The number of nitrogens with one attached hydrogen (secondary N) is 1. The third kappa shape index (κ3) is 6.77. The molecule has 0 aliphatic carbocycles. The maximum atomic E-state index is 13.6. The van der Waals surface area contributed by atoms with Gasteiger partial charge in [-0.2, -0.15) is 0 Å². The lowest BCUT2D eigenvalue weighted by Gasteiger charge is -2.30. The van der Waals surface area contributed by atoms with Crippen LogP contribution in [0.15, 0.2) is 60.7 Å². The Labute approximate surface area is 227 Å². The molecule has 0 radical (unpaired) electrons. The van der Waals surface area contributed by atoms with E-state index < -0.39 is 60.4 Å². The molecule has 10 nitrogen and oxygen atoms in total. The Morgan fingerprint density at radius 1 is 0.897 bits per heavy atom. The predicted octanol–water partition coefficient (Wildman–Crippen LogP) is 3.46. The number of fused-ring (bicyclic) bond motifs is 1. The van der Waals surface area contributed by atoms with E-state index in [0.29, 0.717) is 0 Å². The molecule has 2 aromatic rings. The van der Waals surface area contributed by atoms with E-state index in [0.717, 1.165) is 11.1 Å². The molecule has 3 heterocycles. The quantitative estimate of drug-likeness (QED) is 0.502. The normalized spacial score (nSPS) is 29.4. The zero-order chi connectivity index (χ0) is 27.6. The lowest BCUT2D eigenvalue weighted by Crippen LogP contribution is -2.50. The second-order valence-electron chi connectivity index (χ2n) is 10.8. The smallest absolute Gasteiger partial charge is 0.408 e. The topological polar surface area (TPSA) is 111 Å². The van der Waals surface area contributed by atoms with Gasteiger partial charge in [0.15, 0.2) is 30.1 Å². The van der Waals surface area contributed by atoms with Crippen LogP contribution in [0.3, 0.4) is 0 Å². The van der Waals surface area contributed by atoms with Gasteiger partial charge in [-0.1, -0.05) is 60.7 Å². The van der Waals surface area contributed by atoms with Crippen molar-refractivity contribution in [1.82, 2.24) is 5.32 Å². The van der Waals surface area contributed by atoms with Crippen LogP contribution in [0.1, 0.15) is 38.8 Å². The molecule has 3 fully saturated rings. The van der Waals surface area contributed by atoms with Crippen LogP contribution in [0, 0.1) is 0 Å². The first kappa shape index (κ1) is 27.5. The number of carbonyl (C=O) groups is 2. The van der Waals surface area contributed by atoms with E-state index >= 15 is 0 Å². The fourth-order valence-corrected chi connectivity index (χ4v) is 4.98. The Hall–Kier alpha value is -3.02. The van der Waals surface area contributed by atoms with Gasteiger partial charge in [0.2, 0.25) is 0 Å². The van der Waals surface area contributed by atoms with Crippen molar-refractivity contribution in [2.24, 2.45) is 0 Å². The summed E-state index contributed by atoms with van der Waals surface area (Å²) in [6.07, 6.45) is -4.00. The minimum Gasteiger partial charge on any atom is -0.455 e. The summed E-state index contributed by atoms with van der Waals surface area (Å²) in [4.78, 5) is 26.4. The van der Waals surface area contributed by atoms with Gasteiger partial charge >= 0.3 is 12.1 Å². The number of carbonyl (C=O) groups excluding carboxylic acids is 2. The van der Waals surface area contributed by atoms with Crippen molar-refractivity contribution >= 4 is 12.1 Å². The third-order valence-electron chi connectivity index (χ3n) is 6.75. The van der Waals surface area contributed by atoms with Gasteiger partial charge in [-0.15, -0.1) is 0 Å². The van der Waals surface area contributed by atoms with Crippen LogP contribution in [0.25, 0.3) is 0 Å². The summed E-state index contributed by atoms with van der Waals surface area (Å²) in [7, 11) is 0. The number of amides is 1. The zero-order valence-electron chi connectivity index (χ0n) is 22.5. The molecule has 1 N–H and O–H groups in total. The van der Waals surface area contributed by atoms with Gasteiger partial charge < -0.3 is 38.5 Å². The Morgan fingerprint density at radius 2 is 1.56 bits per heavy atom. The number of hydrogen-bond acceptors (Lipinski definition) is 9. The molecule has 210 valence electrons. The van der Waals surface area contributed by atoms with Crippen LogP contribution in [-0.4, -0.2) is 67.0 Å². The molecule has 6 atom stereocenters. The molecule has 3 unspecified atom stereocenters. The number of alkyl carbamates (subject to hydrolysis) is 1. The lowest BCUT2D eigenvalue weighted by atomic mass is 10.0. The summed E-state index contributed by atoms with van der Waals surface area (Å²) in [6, 6.07) is 17.6. The van der Waals surface area contributed by atoms with Crippen molar-refractivity contribution in [3.63, 3.8) is 0 Å². The second kappa shape index (κ2) is 11.2. The van der Waals surface area contributed by atoms with Gasteiger partial charge in [-0.05, 0) is 38.8 Å². The maximum Gasteiger partial charge on any atom is 0.408 e. The molecule has 3 aliphatic rings. The first-order chi connectivity index (χ1) is 18.6. The minimum absolute atomic E-state index is 0.0666. The predicted molar refractivity (Wildman–Crippen MR) is 137 cm³/mol. The van der Waals surface area contributed by atoms with Gasteiger partial charge in [0.05, 0.1) is 6.61 Å². The molecule has 3 aliphatic heterocycles. The van der Waals surface area contributed by atoms with Crippen molar-refractivity contribution in [3.05, 3.63) is 71.8 Å². The molecule has 0 bridgehead atoms. The molecule has 39 heavy (non-hydrogen) atoms. The largest absolute Gasteiger partial charge is 0.455 e. The number of esters is 1. The minimum atomic E-state index is -1.03. The van der Waals surface area contributed by atoms with Crippen molar-refractivity contribution in [1.29, 1.82) is 0 Å². The molecule has 0 saturated carbocycles. The number of hydrogen-bond donors (Lipinski definition) is 1. The summed E-state index contributed by atoms with van der Waals surface area (Å²) < 4.78 is 41.3. The molecule has 3 saturated heterocycles. The van der Waals surface area contributed by atoms with Crippen LogP contribution < -0.4 is 5.32 Å². The third-order valence-corrected chi connectivity index (χ3v) is 6.75. The van der Waals surface area contributed by atoms with Crippen molar-refractivity contribution < 1.29 is 42.7 Å². The summed E-state index contributed by atoms with van der Waals surface area (Å²) in [5.74, 6) is -2.37. The van der Waals surface area contributed by atoms with Crippen LogP contribution in [0.5, 0.6) is 0 Å². The molecular formula is C29H35NO9. The molecule has 1 amide bonds. The van der Waals surface area contributed by atoms with E-state index in [4.69, 9.17) is 33.2 Å². The zero-order valence-corrected chi connectivity index (χ0v) is 22.5. The Balaban J connectivity index is 1.31. The molecule has 10 heteroatoms. The molecule has 5 rings (SSSR count). The second-order valence-corrected chi connectivity index (χ2v) is 10.8. The first-order valence-electron chi connectivity index (χ1n) is 13.1. The van der Waals surface area contributed by atoms with E-state index in [1.807, 2.05) is 60.7 Å². The molecule has 0 spiro atoms. The van der Waals surface area contributed by atoms with Crippen molar-refractivity contribution in [3.8, 4) is 0 Å². The number of ether oxygens (including phenoxy) is 7. The summed E-state index contributed by atoms with van der Waals surface area (Å²) in [5.41, 5.74) is 1.67. The monoisotopic (exact) mass is 541 g/mol. The van der Waals surface area contributed by atoms with Gasteiger partial charge in [0.25, 0.3) is 0 Å². The number of rotatable bonds is 8. The average molecular weight is 542 g/mol. The van der Waals surface area contributed by atoms with Crippen LogP contribution >= 0.6 is 0 Å². The van der Waals surface area contributed by atoms with Crippen LogP contribution in [0.4, 0.5) is 4.79 Å². The highest BCUT2D eigenvalue weighted by atomic mass is 16.8. The SMILES string of the molecule is CC1(C)OC2O[C@H]([C@@H]3COC(C)(C)O3)C(OC(=O)[C@@H](Cc3ccccc3)NC(=O)OCc3ccccc3)C2O1. The summed E-state index contributed by atoms with van der Waals surface area (Å²) >= 11 is 0. The van der Waals surface area contributed by atoms with Crippen LogP contribution in [-0.2, 0) is 51.0 Å². The van der Waals surface area contributed by atoms with E-state index in [-0.39, 0.29) is 19.6 Å². The fourth-order valence-electron chi connectivity index (χ4n) is 4.98. The first-order valence-corrected chi connectivity index (χ1v) is 13.1. The van der Waals surface area contributed by atoms with E-state index in [2.05, 4.69) is 5.32 Å². The summed E-state index contributed by atoms with van der Waals surface area (Å²) in [6.45, 7) is 7.47. The molecule has 2 aromatic carbocycles. The molecule has 0 aromatic heterocycles. The van der Waals surface area contributed by atoms with Crippen molar-refractivity contribution in [2.45, 2.75) is 89.0 Å². The fraction of sp³-hybridized carbons (Fsp3) is 0.517. The standard InChI is InChI=1S/C29H35NO9/c1-28(2)34-17-21(37-28)22-23(24-26(36-22)39-29(3,4)38-24)35-25(31)20(15-18-11-7-5-8-12-18)30-27(32)33-16-19-13-9-6-10-14-19/h5-14,20-24,26H,15-17H2,1-4H3,(H,30,32)/t20-,21+,22-,23?,24?,26?/m1/s1. The van der Waals surface area contributed by atoms with E-state index in [9.17, 15) is 9.59 Å². The Bertz CT molecular complexity index is 1140. The highest BCUT2D eigenvalue weighted by molar-refractivity contribution is 5.82. The van der Waals surface area contributed by atoms with Gasteiger partial charge in [-0.3, -0.25) is 0 Å². The van der Waals surface area contributed by atoms with Gasteiger partial charge in [0, 0.05) is 6.42 Å². The average Bonchev–Trinajstić information content (AvgIpc) is 3.52. The lowest BCUT2D eigenvalue weighted by molar-refractivity contribution is -0.235. The maximum absolute atomic E-state index is 13.6. The summed E-state index contributed by atoms with van der Waals surface area (Å²) in [5, 5.41) is 2.68. The Morgan fingerprint density at radius 3 is 2.21 bits per heavy atom. The van der Waals surface area contributed by atoms with E-state index in [1.54, 1.807) is 27.7 Å². The Kier molecular flexibility index (Phi) is 7.93. The van der Waals surface area contributed by atoms with Crippen LogP contribution in [0.2, 0.25) is 0 Å². The van der Waals surface area contributed by atoms with Crippen molar-refractivity contribution in [2.75, 3.05) is 6.61 Å². The highest BCUT2D eigenvalue weighted by Gasteiger charge is 2.60. The molecular weight excluding hydrogens is 506 g/mol.